The molecule has 0 radical (unpaired) electrons. The van der Waals surface area contributed by atoms with E-state index in [0.717, 1.165) is 0 Å². The fourth-order valence-corrected chi connectivity index (χ4v) is 5.05. The van der Waals surface area contributed by atoms with Gasteiger partial charge in [-0.05, 0) is 49.4 Å². The smallest absolute Gasteiger partial charge is 0.274 e. The molecule has 1 saturated heterocycles. The number of carbonyl (C=O) groups excluding carboxylic acids is 1. The second-order valence-electron chi connectivity index (χ2n) is 7.52. The molecule has 0 atom stereocenters. The number of amides is 1. The van der Waals surface area contributed by atoms with Crippen LogP contribution in [0.25, 0.3) is 5.69 Å². The van der Waals surface area contributed by atoms with E-state index < -0.39 is 14.9 Å². The average molecular weight is 486 g/mol. The molecule has 0 saturated carbocycles. The molecule has 3 aromatic rings. The number of rotatable bonds is 7. The summed E-state index contributed by atoms with van der Waals surface area (Å²) in [5, 5.41) is 15.1. The molecule has 1 amide bonds. The van der Waals surface area contributed by atoms with E-state index in [4.69, 9.17) is 4.74 Å². The highest BCUT2D eigenvalue weighted by atomic mass is 32.2. The van der Waals surface area contributed by atoms with Gasteiger partial charge in [0.2, 0.25) is 10.0 Å². The van der Waals surface area contributed by atoms with Crippen molar-refractivity contribution < 1.29 is 22.9 Å². The monoisotopic (exact) mass is 485 g/mol. The molecule has 1 fully saturated rings. The lowest BCUT2D eigenvalue weighted by molar-refractivity contribution is -0.384. The summed E-state index contributed by atoms with van der Waals surface area (Å²) in [6, 6.07) is 13.7. The number of aromatic nitrogens is 2. The van der Waals surface area contributed by atoms with Gasteiger partial charge < -0.3 is 9.64 Å². The number of sulfonamides is 1. The van der Waals surface area contributed by atoms with Crippen LogP contribution in [-0.4, -0.2) is 71.0 Å². The number of ether oxygens (including phenoxy) is 1. The van der Waals surface area contributed by atoms with Crippen molar-refractivity contribution in [3.8, 4) is 11.4 Å². The van der Waals surface area contributed by atoms with E-state index in [1.165, 1.54) is 33.3 Å². The van der Waals surface area contributed by atoms with E-state index in [2.05, 4.69) is 5.10 Å². The van der Waals surface area contributed by atoms with Crippen molar-refractivity contribution in [2.24, 2.45) is 0 Å². The minimum Gasteiger partial charge on any atom is -0.494 e. The van der Waals surface area contributed by atoms with Gasteiger partial charge in [-0.15, -0.1) is 0 Å². The second kappa shape index (κ2) is 9.61. The highest BCUT2D eigenvalue weighted by Gasteiger charge is 2.31. The molecule has 11 nitrogen and oxygen atoms in total. The average Bonchev–Trinajstić information content (AvgIpc) is 3.35. The van der Waals surface area contributed by atoms with Gasteiger partial charge in [-0.2, -0.15) is 9.40 Å². The zero-order valence-electron chi connectivity index (χ0n) is 18.4. The highest BCUT2D eigenvalue weighted by Crippen LogP contribution is 2.22. The Morgan fingerprint density at radius 1 is 1.03 bits per heavy atom. The standard InChI is InChI=1S/C22H23N5O6S/c1-2-33-19-7-9-20(10-8-19)34(31,32)25-15-13-24(14-16-25)22(28)21-11-12-26(23-21)17-3-5-18(6-4-17)27(29)30/h3-12H,2,13-16H2,1H3. The van der Waals surface area contributed by atoms with Gasteiger partial charge >= 0.3 is 0 Å². The topological polar surface area (TPSA) is 128 Å². The third-order valence-electron chi connectivity index (χ3n) is 5.43. The maximum atomic E-state index is 13.0. The summed E-state index contributed by atoms with van der Waals surface area (Å²) in [5.74, 6) is 0.295. The molecule has 178 valence electrons. The Bertz CT molecular complexity index is 1280. The van der Waals surface area contributed by atoms with Gasteiger partial charge in [-0.3, -0.25) is 14.9 Å². The Balaban J connectivity index is 1.39. The molecular formula is C22H23N5O6S. The zero-order valence-corrected chi connectivity index (χ0v) is 19.2. The van der Waals surface area contributed by atoms with E-state index >= 15 is 0 Å². The van der Waals surface area contributed by atoms with Crippen LogP contribution in [0.2, 0.25) is 0 Å². The van der Waals surface area contributed by atoms with Crippen molar-refractivity contribution in [1.82, 2.24) is 19.0 Å². The summed E-state index contributed by atoms with van der Waals surface area (Å²) in [7, 11) is -3.68. The third-order valence-corrected chi connectivity index (χ3v) is 7.34. The lowest BCUT2D eigenvalue weighted by Crippen LogP contribution is -2.50. The number of nitro benzene ring substituents is 1. The van der Waals surface area contributed by atoms with Gasteiger partial charge in [0, 0.05) is 44.5 Å². The fraction of sp³-hybridized carbons (Fsp3) is 0.273. The molecule has 0 aliphatic carbocycles. The molecule has 2 heterocycles. The number of non-ortho nitro benzene ring substituents is 1. The number of benzene rings is 2. The van der Waals surface area contributed by atoms with Crippen LogP contribution in [0, 0.1) is 10.1 Å². The number of nitrogens with zero attached hydrogens (tertiary/aromatic N) is 5. The van der Waals surface area contributed by atoms with Crippen LogP contribution in [0.1, 0.15) is 17.4 Å². The minimum absolute atomic E-state index is 0.0368. The Labute approximate surface area is 196 Å². The van der Waals surface area contributed by atoms with Crippen molar-refractivity contribution in [2.75, 3.05) is 32.8 Å². The van der Waals surface area contributed by atoms with Crippen LogP contribution in [0.15, 0.2) is 65.7 Å². The molecule has 0 unspecified atom stereocenters. The SMILES string of the molecule is CCOc1ccc(S(=O)(=O)N2CCN(C(=O)c3ccn(-c4ccc([N+](=O)[O-])cc4)n3)CC2)cc1. The summed E-state index contributed by atoms with van der Waals surface area (Å²) in [5.41, 5.74) is 0.752. The summed E-state index contributed by atoms with van der Waals surface area (Å²) < 4.78 is 34.1. The molecule has 1 aliphatic rings. The summed E-state index contributed by atoms with van der Waals surface area (Å²) >= 11 is 0. The Hall–Kier alpha value is -3.77. The molecule has 34 heavy (non-hydrogen) atoms. The Kier molecular flexibility index (Phi) is 6.61. The number of nitro groups is 1. The number of hydrogen-bond donors (Lipinski definition) is 0. The summed E-state index contributed by atoms with van der Waals surface area (Å²) in [4.78, 5) is 25.0. The second-order valence-corrected chi connectivity index (χ2v) is 9.46. The van der Waals surface area contributed by atoms with E-state index in [1.54, 1.807) is 41.4 Å². The number of piperazine rings is 1. The van der Waals surface area contributed by atoms with Crippen molar-refractivity contribution >= 4 is 21.6 Å². The normalized spacial score (nSPS) is 14.7. The minimum atomic E-state index is -3.68. The number of hydrogen-bond acceptors (Lipinski definition) is 7. The molecule has 2 aromatic carbocycles. The fourth-order valence-electron chi connectivity index (χ4n) is 3.63. The van der Waals surface area contributed by atoms with E-state index in [9.17, 15) is 23.3 Å². The van der Waals surface area contributed by atoms with Gasteiger partial charge in [-0.25, -0.2) is 13.1 Å². The van der Waals surface area contributed by atoms with Gasteiger partial charge in [0.15, 0.2) is 5.69 Å². The number of carbonyl (C=O) groups is 1. The first-order chi connectivity index (χ1) is 16.3. The van der Waals surface area contributed by atoms with Crippen LogP contribution in [-0.2, 0) is 10.0 Å². The molecule has 1 aliphatic heterocycles. The zero-order chi connectivity index (χ0) is 24.3. The molecule has 4 rings (SSSR count). The molecular weight excluding hydrogens is 462 g/mol. The molecule has 0 spiro atoms. The van der Waals surface area contributed by atoms with Crippen LogP contribution in [0.5, 0.6) is 5.75 Å². The van der Waals surface area contributed by atoms with Gasteiger partial charge in [0.1, 0.15) is 5.75 Å². The summed E-state index contributed by atoms with van der Waals surface area (Å²) in [6.07, 6.45) is 1.60. The predicted molar refractivity (Wildman–Crippen MR) is 122 cm³/mol. The van der Waals surface area contributed by atoms with Gasteiger partial charge in [0.25, 0.3) is 11.6 Å². The largest absolute Gasteiger partial charge is 0.494 e. The quantitative estimate of drug-likeness (QED) is 0.371. The molecule has 0 N–H and O–H groups in total. The van der Waals surface area contributed by atoms with E-state index in [0.29, 0.717) is 18.0 Å². The van der Waals surface area contributed by atoms with Gasteiger partial charge in [-0.1, -0.05) is 0 Å². The maximum Gasteiger partial charge on any atom is 0.274 e. The maximum absolute atomic E-state index is 13.0. The van der Waals surface area contributed by atoms with Crippen molar-refractivity contribution in [3.63, 3.8) is 0 Å². The molecule has 12 heteroatoms. The lowest BCUT2D eigenvalue weighted by atomic mass is 10.3. The first-order valence-corrected chi connectivity index (χ1v) is 12.1. The van der Waals surface area contributed by atoms with Crippen LogP contribution >= 0.6 is 0 Å². The van der Waals surface area contributed by atoms with Crippen molar-refractivity contribution in [2.45, 2.75) is 11.8 Å². The molecule has 1 aromatic heterocycles. The van der Waals surface area contributed by atoms with Crippen LogP contribution < -0.4 is 4.74 Å². The predicted octanol–water partition coefficient (Wildman–Crippen LogP) is 2.33. The first-order valence-electron chi connectivity index (χ1n) is 10.6. The van der Waals surface area contributed by atoms with E-state index in [1.807, 2.05) is 6.92 Å². The van der Waals surface area contributed by atoms with E-state index in [-0.39, 0.29) is 48.4 Å². The summed E-state index contributed by atoms with van der Waals surface area (Å²) in [6.45, 7) is 3.16. The molecule has 0 bridgehead atoms. The Morgan fingerprint density at radius 2 is 1.68 bits per heavy atom. The van der Waals surface area contributed by atoms with Crippen LogP contribution in [0.3, 0.4) is 0 Å². The lowest BCUT2D eigenvalue weighted by Gasteiger charge is -2.33. The van der Waals surface area contributed by atoms with Crippen LogP contribution in [0.4, 0.5) is 5.69 Å². The Morgan fingerprint density at radius 3 is 2.26 bits per heavy atom. The van der Waals surface area contributed by atoms with Gasteiger partial charge in [0.05, 0.1) is 22.1 Å². The van der Waals surface area contributed by atoms with Crippen molar-refractivity contribution in [1.29, 1.82) is 0 Å². The highest BCUT2D eigenvalue weighted by molar-refractivity contribution is 7.89. The first kappa shape index (κ1) is 23.4. The van der Waals surface area contributed by atoms with Crippen molar-refractivity contribution in [3.05, 3.63) is 76.6 Å². The third kappa shape index (κ3) is 4.77.